The number of aryl methyl sites for hydroxylation is 1. The van der Waals surface area contributed by atoms with Gasteiger partial charge in [-0.2, -0.15) is 0 Å². The molecule has 94 valence electrons. The van der Waals surface area contributed by atoms with E-state index in [1.54, 1.807) is 0 Å². The second-order valence-electron chi connectivity index (χ2n) is 5.37. The number of piperazine rings is 1. The minimum absolute atomic E-state index is 0.527. The van der Waals surface area contributed by atoms with Gasteiger partial charge in [-0.3, -0.25) is 4.90 Å². The van der Waals surface area contributed by atoms with E-state index in [9.17, 15) is 0 Å². The fraction of sp³-hybridized carbons (Fsp3) is 0.714. The third kappa shape index (κ3) is 2.26. The van der Waals surface area contributed by atoms with Gasteiger partial charge >= 0.3 is 0 Å². The van der Waals surface area contributed by atoms with Crippen LogP contribution in [-0.4, -0.2) is 31.1 Å². The zero-order chi connectivity index (χ0) is 11.7. The van der Waals surface area contributed by atoms with Crippen molar-refractivity contribution in [3.63, 3.8) is 0 Å². The van der Waals surface area contributed by atoms with E-state index < -0.39 is 0 Å². The SMILES string of the molecule is Cc1ccc([C@H](C2CCC2)N2CCNCC2)o1. The smallest absolute Gasteiger partial charge is 0.121 e. The van der Waals surface area contributed by atoms with Crippen molar-refractivity contribution in [2.75, 3.05) is 26.2 Å². The Hall–Kier alpha value is -0.800. The van der Waals surface area contributed by atoms with Crippen molar-refractivity contribution in [1.82, 2.24) is 10.2 Å². The molecule has 3 nitrogen and oxygen atoms in total. The Morgan fingerprint density at radius 3 is 2.59 bits per heavy atom. The van der Waals surface area contributed by atoms with Crippen LogP contribution in [0.3, 0.4) is 0 Å². The number of hydrogen-bond acceptors (Lipinski definition) is 3. The molecule has 3 rings (SSSR count). The van der Waals surface area contributed by atoms with Crippen LogP contribution in [-0.2, 0) is 0 Å². The maximum absolute atomic E-state index is 5.89. The first-order valence-corrected chi connectivity index (χ1v) is 6.86. The van der Waals surface area contributed by atoms with E-state index in [4.69, 9.17) is 4.42 Å². The zero-order valence-corrected chi connectivity index (χ0v) is 10.6. The summed E-state index contributed by atoms with van der Waals surface area (Å²) in [5, 5.41) is 3.43. The van der Waals surface area contributed by atoms with Crippen LogP contribution < -0.4 is 5.32 Å². The number of rotatable bonds is 3. The highest BCUT2D eigenvalue weighted by Crippen LogP contribution is 2.41. The molecule has 1 atom stereocenters. The molecular weight excluding hydrogens is 212 g/mol. The quantitative estimate of drug-likeness (QED) is 0.870. The molecule has 1 aliphatic heterocycles. The largest absolute Gasteiger partial charge is 0.465 e. The van der Waals surface area contributed by atoms with Gasteiger partial charge in [0.15, 0.2) is 0 Å². The molecule has 3 heteroatoms. The summed E-state index contributed by atoms with van der Waals surface area (Å²) in [5.74, 6) is 3.05. The van der Waals surface area contributed by atoms with Crippen LogP contribution in [0, 0.1) is 12.8 Å². The lowest BCUT2D eigenvalue weighted by molar-refractivity contribution is 0.0679. The molecule has 2 fully saturated rings. The van der Waals surface area contributed by atoms with Gasteiger partial charge in [0, 0.05) is 26.2 Å². The predicted octanol–water partition coefficient (Wildman–Crippen LogP) is 2.33. The molecule has 1 aromatic heterocycles. The highest BCUT2D eigenvalue weighted by molar-refractivity contribution is 5.12. The summed E-state index contributed by atoms with van der Waals surface area (Å²) in [6, 6.07) is 4.81. The van der Waals surface area contributed by atoms with Crippen LogP contribution in [0.15, 0.2) is 16.5 Å². The van der Waals surface area contributed by atoms with E-state index in [0.717, 1.165) is 37.9 Å². The van der Waals surface area contributed by atoms with Gasteiger partial charge in [-0.15, -0.1) is 0 Å². The lowest BCUT2D eigenvalue weighted by Gasteiger charge is -2.41. The predicted molar refractivity (Wildman–Crippen MR) is 68.0 cm³/mol. The standard InChI is InChI=1S/C14H22N2O/c1-11-5-6-13(17-11)14(12-3-2-4-12)16-9-7-15-8-10-16/h5-6,12,14-15H,2-4,7-10H2,1H3/t14-/m0/s1. The zero-order valence-electron chi connectivity index (χ0n) is 10.6. The molecule has 0 unspecified atom stereocenters. The minimum atomic E-state index is 0.527. The van der Waals surface area contributed by atoms with Crippen molar-refractivity contribution in [2.24, 2.45) is 5.92 Å². The number of hydrogen-bond donors (Lipinski definition) is 1. The minimum Gasteiger partial charge on any atom is -0.465 e. The second-order valence-corrected chi connectivity index (χ2v) is 5.37. The van der Waals surface area contributed by atoms with E-state index in [-0.39, 0.29) is 0 Å². The molecule has 2 aliphatic rings. The lowest BCUT2D eigenvalue weighted by atomic mass is 9.78. The van der Waals surface area contributed by atoms with Gasteiger partial charge in [0.2, 0.25) is 0 Å². The van der Waals surface area contributed by atoms with Crippen LogP contribution in [0.2, 0.25) is 0 Å². The summed E-state index contributed by atoms with van der Waals surface area (Å²) in [5.41, 5.74) is 0. The molecule has 2 heterocycles. The second kappa shape index (κ2) is 4.83. The van der Waals surface area contributed by atoms with Gasteiger partial charge in [-0.05, 0) is 37.8 Å². The number of nitrogens with one attached hydrogen (secondary N) is 1. The van der Waals surface area contributed by atoms with E-state index in [0.29, 0.717) is 6.04 Å². The molecule has 0 bridgehead atoms. The average Bonchev–Trinajstić information content (AvgIpc) is 2.71. The number of furan rings is 1. The van der Waals surface area contributed by atoms with Crippen molar-refractivity contribution < 1.29 is 4.42 Å². The number of nitrogens with zero attached hydrogens (tertiary/aromatic N) is 1. The molecule has 17 heavy (non-hydrogen) atoms. The molecule has 0 spiro atoms. The molecule has 0 aromatic carbocycles. The Bertz CT molecular complexity index is 364. The average molecular weight is 234 g/mol. The van der Waals surface area contributed by atoms with E-state index in [2.05, 4.69) is 22.3 Å². The topological polar surface area (TPSA) is 28.4 Å². The summed E-state index contributed by atoms with van der Waals surface area (Å²) in [4.78, 5) is 2.61. The van der Waals surface area contributed by atoms with Crippen molar-refractivity contribution in [2.45, 2.75) is 32.2 Å². The molecular formula is C14H22N2O. The summed E-state index contributed by atoms with van der Waals surface area (Å²) in [7, 11) is 0. The lowest BCUT2D eigenvalue weighted by Crippen LogP contribution is -2.47. The highest BCUT2D eigenvalue weighted by Gasteiger charge is 2.35. The molecule has 1 N–H and O–H groups in total. The summed E-state index contributed by atoms with van der Waals surface area (Å²) in [6.07, 6.45) is 4.13. The fourth-order valence-corrected chi connectivity index (χ4v) is 3.04. The van der Waals surface area contributed by atoms with Gasteiger partial charge in [0.05, 0.1) is 6.04 Å². The van der Waals surface area contributed by atoms with Gasteiger partial charge in [0.1, 0.15) is 11.5 Å². The first-order chi connectivity index (χ1) is 8.34. The Balaban J connectivity index is 1.80. The van der Waals surface area contributed by atoms with E-state index >= 15 is 0 Å². The highest BCUT2D eigenvalue weighted by atomic mass is 16.3. The van der Waals surface area contributed by atoms with Crippen LogP contribution in [0.1, 0.15) is 36.8 Å². The normalized spacial score (nSPS) is 24.5. The van der Waals surface area contributed by atoms with E-state index in [1.807, 2.05) is 6.92 Å². The molecule has 1 aromatic rings. The first-order valence-electron chi connectivity index (χ1n) is 6.86. The third-order valence-electron chi connectivity index (χ3n) is 4.19. The van der Waals surface area contributed by atoms with Crippen LogP contribution in [0.5, 0.6) is 0 Å². The Morgan fingerprint density at radius 1 is 1.29 bits per heavy atom. The molecule has 1 saturated carbocycles. The summed E-state index contributed by atoms with van der Waals surface area (Å²) >= 11 is 0. The fourth-order valence-electron chi connectivity index (χ4n) is 3.04. The molecule has 1 aliphatic carbocycles. The Morgan fingerprint density at radius 2 is 2.06 bits per heavy atom. The Labute approximate surface area is 103 Å². The summed E-state index contributed by atoms with van der Waals surface area (Å²) in [6.45, 7) is 6.58. The van der Waals surface area contributed by atoms with Crippen LogP contribution in [0.25, 0.3) is 0 Å². The summed E-state index contributed by atoms with van der Waals surface area (Å²) < 4.78 is 5.89. The first kappa shape index (κ1) is 11.3. The Kier molecular flexibility index (Phi) is 3.21. The maximum Gasteiger partial charge on any atom is 0.121 e. The maximum atomic E-state index is 5.89. The van der Waals surface area contributed by atoms with E-state index in [1.165, 1.54) is 25.0 Å². The van der Waals surface area contributed by atoms with Gasteiger partial charge in [-0.1, -0.05) is 6.42 Å². The monoisotopic (exact) mass is 234 g/mol. The third-order valence-corrected chi connectivity index (χ3v) is 4.19. The van der Waals surface area contributed by atoms with Gasteiger partial charge in [0.25, 0.3) is 0 Å². The van der Waals surface area contributed by atoms with Crippen LogP contribution in [0.4, 0.5) is 0 Å². The van der Waals surface area contributed by atoms with Gasteiger partial charge in [-0.25, -0.2) is 0 Å². The van der Waals surface area contributed by atoms with Crippen molar-refractivity contribution in [3.05, 3.63) is 23.7 Å². The van der Waals surface area contributed by atoms with Crippen molar-refractivity contribution in [3.8, 4) is 0 Å². The molecule has 0 radical (unpaired) electrons. The molecule has 0 amide bonds. The van der Waals surface area contributed by atoms with Crippen molar-refractivity contribution in [1.29, 1.82) is 0 Å². The van der Waals surface area contributed by atoms with Crippen molar-refractivity contribution >= 4 is 0 Å². The van der Waals surface area contributed by atoms with Gasteiger partial charge < -0.3 is 9.73 Å². The molecule has 1 saturated heterocycles. The van der Waals surface area contributed by atoms with Crippen LogP contribution >= 0.6 is 0 Å².